The van der Waals surface area contributed by atoms with E-state index in [2.05, 4.69) is 42.3 Å². The van der Waals surface area contributed by atoms with Crippen LogP contribution < -0.4 is 5.32 Å². The SMILES string of the molecule is CCNC1CCC(CCC#Cc2ccc(C3C4CC5CC(C4)CC3C5)cc2Cl)CC1.Cl. The van der Waals surface area contributed by atoms with Crippen LogP contribution in [0.5, 0.6) is 0 Å². The number of halogens is 2. The van der Waals surface area contributed by atoms with Crippen molar-refractivity contribution < 1.29 is 0 Å². The molecule has 0 atom stereocenters. The molecule has 0 amide bonds. The molecule has 1 nitrogen and oxygen atoms in total. The van der Waals surface area contributed by atoms with Gasteiger partial charge in [0.15, 0.2) is 0 Å². The number of rotatable bonds is 5. The lowest BCUT2D eigenvalue weighted by Gasteiger charge is -2.54. The lowest BCUT2D eigenvalue weighted by molar-refractivity contribution is -0.00277. The van der Waals surface area contributed by atoms with E-state index in [-0.39, 0.29) is 12.4 Å². The zero-order chi connectivity index (χ0) is 20.5. The fourth-order valence-corrected chi connectivity index (χ4v) is 7.92. The Hall–Kier alpha value is -0.680. The predicted octanol–water partition coefficient (Wildman–Crippen LogP) is 7.60. The lowest BCUT2D eigenvalue weighted by atomic mass is 9.51. The summed E-state index contributed by atoms with van der Waals surface area (Å²) in [5, 5.41) is 4.48. The van der Waals surface area contributed by atoms with E-state index >= 15 is 0 Å². The molecule has 0 spiro atoms. The first-order valence-corrected chi connectivity index (χ1v) is 13.1. The summed E-state index contributed by atoms with van der Waals surface area (Å²) in [6, 6.07) is 7.58. The van der Waals surface area contributed by atoms with Gasteiger partial charge in [0.05, 0.1) is 5.02 Å². The molecule has 0 saturated heterocycles. The molecular formula is C28H39Cl2N. The smallest absolute Gasteiger partial charge is 0.0565 e. The third-order valence-corrected chi connectivity index (χ3v) is 9.16. The Morgan fingerprint density at radius 2 is 1.65 bits per heavy atom. The zero-order valence-corrected chi connectivity index (χ0v) is 20.6. The van der Waals surface area contributed by atoms with Crippen molar-refractivity contribution in [2.75, 3.05) is 6.54 Å². The second-order valence-corrected chi connectivity index (χ2v) is 11.2. The summed E-state index contributed by atoms with van der Waals surface area (Å²) >= 11 is 6.71. The molecule has 1 N–H and O–H groups in total. The number of nitrogens with one attached hydrogen (secondary N) is 1. The van der Waals surface area contributed by atoms with Gasteiger partial charge in [-0.05, 0) is 124 Å². The molecule has 0 radical (unpaired) electrons. The highest BCUT2D eigenvalue weighted by molar-refractivity contribution is 6.31. The van der Waals surface area contributed by atoms with Gasteiger partial charge in [-0.15, -0.1) is 12.4 Å². The van der Waals surface area contributed by atoms with E-state index in [4.69, 9.17) is 11.6 Å². The fourth-order valence-electron chi connectivity index (χ4n) is 7.69. The topological polar surface area (TPSA) is 12.0 Å². The van der Waals surface area contributed by atoms with Crippen molar-refractivity contribution in [3.8, 4) is 11.8 Å². The summed E-state index contributed by atoms with van der Waals surface area (Å²) in [5.74, 6) is 12.3. The van der Waals surface area contributed by atoms with E-state index in [1.807, 2.05) is 0 Å². The van der Waals surface area contributed by atoms with Crippen molar-refractivity contribution >= 4 is 24.0 Å². The Morgan fingerprint density at radius 1 is 0.968 bits per heavy atom. The van der Waals surface area contributed by atoms with Crippen LogP contribution in [0.4, 0.5) is 0 Å². The number of hydrogen-bond acceptors (Lipinski definition) is 1. The summed E-state index contributed by atoms with van der Waals surface area (Å²) in [6.07, 6.45) is 15.0. The Balaban J connectivity index is 0.00000231. The molecule has 170 valence electrons. The second-order valence-electron chi connectivity index (χ2n) is 10.8. The maximum absolute atomic E-state index is 6.71. The third kappa shape index (κ3) is 5.29. The maximum Gasteiger partial charge on any atom is 0.0565 e. The van der Waals surface area contributed by atoms with E-state index in [9.17, 15) is 0 Å². The van der Waals surface area contributed by atoms with Gasteiger partial charge in [0, 0.05) is 18.0 Å². The van der Waals surface area contributed by atoms with Crippen LogP contribution in [0.3, 0.4) is 0 Å². The molecule has 5 fully saturated rings. The molecule has 1 aromatic rings. The number of hydrogen-bond donors (Lipinski definition) is 1. The molecular weight excluding hydrogens is 421 g/mol. The van der Waals surface area contributed by atoms with Gasteiger partial charge in [0.1, 0.15) is 0 Å². The van der Waals surface area contributed by atoms with Gasteiger partial charge >= 0.3 is 0 Å². The minimum absolute atomic E-state index is 0. The Bertz CT molecular complexity index is 771. The van der Waals surface area contributed by atoms with Crippen LogP contribution in [0.1, 0.15) is 94.6 Å². The van der Waals surface area contributed by atoms with E-state index < -0.39 is 0 Å². The largest absolute Gasteiger partial charge is 0.314 e. The van der Waals surface area contributed by atoms with Gasteiger partial charge < -0.3 is 5.32 Å². The molecule has 0 unspecified atom stereocenters. The molecule has 5 aliphatic rings. The van der Waals surface area contributed by atoms with Crippen LogP contribution in [0.2, 0.25) is 5.02 Å². The molecule has 31 heavy (non-hydrogen) atoms. The average Bonchev–Trinajstić information content (AvgIpc) is 2.73. The fraction of sp³-hybridized carbons (Fsp3) is 0.714. The van der Waals surface area contributed by atoms with Crippen molar-refractivity contribution in [3.63, 3.8) is 0 Å². The molecule has 0 aromatic heterocycles. The first kappa shape index (κ1) is 23.5. The first-order chi connectivity index (χ1) is 14.7. The third-order valence-electron chi connectivity index (χ3n) is 8.84. The monoisotopic (exact) mass is 459 g/mol. The highest BCUT2D eigenvalue weighted by Gasteiger charge is 2.48. The Kier molecular flexibility index (Phi) is 7.95. The Labute approximate surface area is 200 Å². The van der Waals surface area contributed by atoms with Gasteiger partial charge in [-0.1, -0.05) is 36.4 Å². The van der Waals surface area contributed by atoms with Crippen LogP contribution in [-0.4, -0.2) is 12.6 Å². The summed E-state index contributed by atoms with van der Waals surface area (Å²) < 4.78 is 0. The average molecular weight is 461 g/mol. The second kappa shape index (κ2) is 10.5. The summed E-state index contributed by atoms with van der Waals surface area (Å²) in [7, 11) is 0. The molecule has 3 heteroatoms. The molecule has 0 aliphatic heterocycles. The van der Waals surface area contributed by atoms with Crippen molar-refractivity contribution in [2.45, 2.75) is 89.5 Å². The van der Waals surface area contributed by atoms with Gasteiger partial charge in [-0.2, -0.15) is 0 Å². The van der Waals surface area contributed by atoms with E-state index in [0.717, 1.165) is 65.1 Å². The van der Waals surface area contributed by atoms with Gasteiger partial charge in [-0.25, -0.2) is 0 Å². The normalized spacial score (nSPS) is 35.9. The molecule has 5 saturated carbocycles. The summed E-state index contributed by atoms with van der Waals surface area (Å²) in [6.45, 7) is 3.31. The molecule has 0 heterocycles. The van der Waals surface area contributed by atoms with Gasteiger partial charge in [0.2, 0.25) is 0 Å². The molecule has 1 aromatic carbocycles. The van der Waals surface area contributed by atoms with Crippen LogP contribution in [0.25, 0.3) is 0 Å². The van der Waals surface area contributed by atoms with Crippen LogP contribution in [0.15, 0.2) is 18.2 Å². The molecule has 4 bridgehead atoms. The Morgan fingerprint density at radius 3 is 2.26 bits per heavy atom. The van der Waals surface area contributed by atoms with Gasteiger partial charge in [-0.3, -0.25) is 0 Å². The van der Waals surface area contributed by atoms with Crippen molar-refractivity contribution in [1.29, 1.82) is 0 Å². The van der Waals surface area contributed by atoms with Crippen molar-refractivity contribution in [2.24, 2.45) is 29.6 Å². The number of benzene rings is 1. The van der Waals surface area contributed by atoms with Crippen LogP contribution in [0, 0.1) is 41.4 Å². The standard InChI is InChI=1S/C28H38ClN.ClH/c1-2-30-26-11-7-19(8-12-26)5-3-4-6-22-9-10-23(18-27(22)29)28-24-14-20-13-21(16-24)17-25(28)15-20;/h9-10,18-21,24-26,28,30H,2-3,5,7-8,11-17H2,1H3;1H. The maximum atomic E-state index is 6.71. The highest BCUT2D eigenvalue weighted by Crippen LogP contribution is 2.59. The van der Waals surface area contributed by atoms with Crippen molar-refractivity contribution in [1.82, 2.24) is 5.32 Å². The molecule has 6 rings (SSSR count). The summed E-state index contributed by atoms with van der Waals surface area (Å²) in [5.41, 5.74) is 2.52. The summed E-state index contributed by atoms with van der Waals surface area (Å²) in [4.78, 5) is 0. The minimum atomic E-state index is 0. The predicted molar refractivity (Wildman–Crippen MR) is 134 cm³/mol. The first-order valence-electron chi connectivity index (χ1n) is 12.7. The van der Waals surface area contributed by atoms with E-state index in [0.29, 0.717) is 0 Å². The lowest BCUT2D eigenvalue weighted by Crippen LogP contribution is -2.43. The van der Waals surface area contributed by atoms with Crippen LogP contribution >= 0.6 is 24.0 Å². The van der Waals surface area contributed by atoms with Gasteiger partial charge in [0.25, 0.3) is 0 Å². The zero-order valence-electron chi connectivity index (χ0n) is 19.0. The van der Waals surface area contributed by atoms with E-state index in [1.165, 1.54) is 69.8 Å². The molecule has 5 aliphatic carbocycles. The van der Waals surface area contributed by atoms with Crippen molar-refractivity contribution in [3.05, 3.63) is 34.3 Å². The minimum Gasteiger partial charge on any atom is -0.314 e. The highest BCUT2D eigenvalue weighted by atomic mass is 35.5. The van der Waals surface area contributed by atoms with Crippen LogP contribution in [-0.2, 0) is 0 Å². The van der Waals surface area contributed by atoms with E-state index in [1.54, 1.807) is 0 Å². The quantitative estimate of drug-likeness (QED) is 0.446.